The van der Waals surface area contributed by atoms with Crippen LogP contribution in [0, 0.1) is 11.3 Å². The van der Waals surface area contributed by atoms with Gasteiger partial charge in [-0.2, -0.15) is 5.26 Å². The van der Waals surface area contributed by atoms with E-state index in [1.165, 1.54) is 6.92 Å². The number of nitrogens with zero attached hydrogens (tertiary/aromatic N) is 1. The Bertz CT molecular complexity index is 442. The van der Waals surface area contributed by atoms with Crippen LogP contribution >= 0.6 is 0 Å². The maximum atomic E-state index is 11.1. The number of carbonyl (C=O) groups is 3. The van der Waals surface area contributed by atoms with E-state index in [0.29, 0.717) is 0 Å². The molecule has 0 radical (unpaired) electrons. The zero-order valence-electron chi connectivity index (χ0n) is 11.3. The van der Waals surface area contributed by atoms with Crippen molar-refractivity contribution < 1.29 is 33.3 Å². The first-order valence-electron chi connectivity index (χ1n) is 5.88. The minimum Gasteiger partial charge on any atom is -0.456 e. The molecule has 0 N–H and O–H groups in total. The largest absolute Gasteiger partial charge is 0.456 e. The van der Waals surface area contributed by atoms with Gasteiger partial charge in [0.05, 0.1) is 12.7 Å². The van der Waals surface area contributed by atoms with E-state index in [1.807, 2.05) is 0 Å². The van der Waals surface area contributed by atoms with E-state index in [9.17, 15) is 14.4 Å². The molecule has 4 atom stereocenters. The highest BCUT2D eigenvalue weighted by Crippen LogP contribution is 2.24. The third kappa shape index (κ3) is 4.20. The van der Waals surface area contributed by atoms with Gasteiger partial charge in [0.15, 0.2) is 24.4 Å². The summed E-state index contributed by atoms with van der Waals surface area (Å²) in [5, 5.41) is 8.98. The van der Waals surface area contributed by atoms with Gasteiger partial charge < -0.3 is 18.9 Å². The Balaban J connectivity index is 2.99. The molecule has 1 heterocycles. The van der Waals surface area contributed by atoms with Crippen molar-refractivity contribution in [2.75, 3.05) is 6.61 Å². The Morgan fingerprint density at radius 1 is 1.00 bits per heavy atom. The highest BCUT2D eigenvalue weighted by Gasteiger charge is 2.46. The molecular weight excluding hydrogens is 270 g/mol. The summed E-state index contributed by atoms with van der Waals surface area (Å²) in [6.45, 7) is 3.36. The predicted octanol–water partition coefficient (Wildman–Crippen LogP) is -0.296. The van der Waals surface area contributed by atoms with Gasteiger partial charge in [-0.1, -0.05) is 0 Å². The van der Waals surface area contributed by atoms with Crippen molar-refractivity contribution in [3.63, 3.8) is 0 Å². The number of esters is 3. The zero-order chi connectivity index (χ0) is 15.3. The quantitative estimate of drug-likeness (QED) is 0.513. The monoisotopic (exact) mass is 285 g/mol. The molecule has 0 bridgehead atoms. The molecule has 1 aliphatic heterocycles. The fourth-order valence-corrected chi connectivity index (χ4v) is 1.85. The van der Waals surface area contributed by atoms with E-state index in [0.717, 1.165) is 13.8 Å². The van der Waals surface area contributed by atoms with Gasteiger partial charge >= 0.3 is 17.9 Å². The third-order valence-corrected chi connectivity index (χ3v) is 2.48. The topological polar surface area (TPSA) is 112 Å². The molecule has 110 valence electrons. The lowest BCUT2D eigenvalue weighted by molar-refractivity contribution is -0.217. The average Bonchev–Trinajstić information content (AvgIpc) is 2.31. The SMILES string of the molecule is CC(=O)O[C@@H]1[C@@H](OC(C)=O)[C@H](OC(C)=O)CO[C@@H]1C#N. The lowest BCUT2D eigenvalue weighted by atomic mass is 10.00. The molecular formula is C12H15NO7. The molecule has 0 spiro atoms. The number of hydrogen-bond donors (Lipinski definition) is 0. The second-order valence-electron chi connectivity index (χ2n) is 4.18. The Labute approximate surface area is 115 Å². The summed E-state index contributed by atoms with van der Waals surface area (Å²) in [5.74, 6) is -1.92. The molecule has 20 heavy (non-hydrogen) atoms. The van der Waals surface area contributed by atoms with Crippen LogP contribution in [0.25, 0.3) is 0 Å². The standard InChI is InChI=1S/C12H15NO7/c1-6(14)18-10-5-17-9(4-13)11(19-7(2)15)12(10)20-8(3)16/h9-12H,5H2,1-3H3/t9-,10-,11+,12+/m1/s1. The van der Waals surface area contributed by atoms with Gasteiger partial charge in [0.2, 0.25) is 0 Å². The number of hydrogen-bond acceptors (Lipinski definition) is 8. The van der Waals surface area contributed by atoms with Gasteiger partial charge in [-0.3, -0.25) is 14.4 Å². The minimum atomic E-state index is -1.15. The molecule has 0 unspecified atom stereocenters. The summed E-state index contributed by atoms with van der Waals surface area (Å²) in [6, 6.07) is 1.81. The number of rotatable bonds is 3. The second kappa shape index (κ2) is 6.86. The van der Waals surface area contributed by atoms with E-state index < -0.39 is 42.3 Å². The summed E-state index contributed by atoms with van der Waals surface area (Å²) in [7, 11) is 0. The molecule has 0 aromatic rings. The van der Waals surface area contributed by atoms with Crippen molar-refractivity contribution in [3.8, 4) is 6.07 Å². The predicted molar refractivity (Wildman–Crippen MR) is 62.0 cm³/mol. The van der Waals surface area contributed by atoms with E-state index >= 15 is 0 Å². The van der Waals surface area contributed by atoms with E-state index in [-0.39, 0.29) is 6.61 Å². The fraction of sp³-hybridized carbons (Fsp3) is 0.667. The van der Waals surface area contributed by atoms with Crippen LogP contribution in [0.3, 0.4) is 0 Å². The average molecular weight is 285 g/mol. The molecule has 8 nitrogen and oxygen atoms in total. The Kier molecular flexibility index (Phi) is 5.46. The van der Waals surface area contributed by atoms with E-state index in [1.54, 1.807) is 6.07 Å². The summed E-state index contributed by atoms with van der Waals surface area (Å²) < 4.78 is 20.1. The third-order valence-electron chi connectivity index (χ3n) is 2.48. The number of carbonyl (C=O) groups excluding carboxylic acids is 3. The van der Waals surface area contributed by atoms with Crippen molar-refractivity contribution in [2.45, 2.75) is 45.2 Å². The summed E-state index contributed by atoms with van der Waals surface area (Å²) >= 11 is 0. The smallest absolute Gasteiger partial charge is 0.303 e. The van der Waals surface area contributed by atoms with E-state index in [4.69, 9.17) is 24.2 Å². The van der Waals surface area contributed by atoms with Crippen molar-refractivity contribution in [3.05, 3.63) is 0 Å². The molecule has 1 fully saturated rings. The lowest BCUT2D eigenvalue weighted by Crippen LogP contribution is -2.57. The summed E-state index contributed by atoms with van der Waals surface area (Å²) in [6.07, 6.45) is -4.28. The van der Waals surface area contributed by atoms with Crippen LogP contribution in [0.1, 0.15) is 20.8 Å². The van der Waals surface area contributed by atoms with Gasteiger partial charge in [-0.05, 0) is 0 Å². The molecule has 0 aromatic carbocycles. The molecule has 0 amide bonds. The summed E-state index contributed by atoms with van der Waals surface area (Å²) in [5.41, 5.74) is 0. The second-order valence-corrected chi connectivity index (χ2v) is 4.18. The van der Waals surface area contributed by atoms with Crippen LogP contribution < -0.4 is 0 Å². The maximum Gasteiger partial charge on any atom is 0.303 e. The first-order valence-corrected chi connectivity index (χ1v) is 5.88. The van der Waals surface area contributed by atoms with Crippen molar-refractivity contribution in [1.82, 2.24) is 0 Å². The lowest BCUT2D eigenvalue weighted by Gasteiger charge is -2.37. The fourth-order valence-electron chi connectivity index (χ4n) is 1.85. The maximum absolute atomic E-state index is 11.1. The highest BCUT2D eigenvalue weighted by molar-refractivity contribution is 5.68. The van der Waals surface area contributed by atoms with Crippen LogP contribution in [0.15, 0.2) is 0 Å². The van der Waals surface area contributed by atoms with Crippen LogP contribution in [-0.2, 0) is 33.3 Å². The van der Waals surface area contributed by atoms with Gasteiger partial charge in [0.25, 0.3) is 0 Å². The first-order chi connectivity index (χ1) is 9.35. The molecule has 0 saturated carbocycles. The van der Waals surface area contributed by atoms with Crippen molar-refractivity contribution >= 4 is 17.9 Å². The minimum absolute atomic E-state index is 0.131. The van der Waals surface area contributed by atoms with Crippen molar-refractivity contribution in [2.24, 2.45) is 0 Å². The number of nitriles is 1. The van der Waals surface area contributed by atoms with Crippen LogP contribution in [-0.4, -0.2) is 48.9 Å². The van der Waals surface area contributed by atoms with E-state index in [2.05, 4.69) is 0 Å². The van der Waals surface area contributed by atoms with Gasteiger partial charge in [-0.15, -0.1) is 0 Å². The molecule has 1 rings (SSSR count). The highest BCUT2D eigenvalue weighted by atomic mass is 16.6. The van der Waals surface area contributed by atoms with Crippen LogP contribution in [0.4, 0.5) is 0 Å². The molecule has 1 saturated heterocycles. The zero-order valence-corrected chi connectivity index (χ0v) is 11.3. The molecule has 8 heteroatoms. The molecule has 0 aromatic heterocycles. The van der Waals surface area contributed by atoms with Gasteiger partial charge in [0.1, 0.15) is 0 Å². The summed E-state index contributed by atoms with van der Waals surface area (Å²) in [4.78, 5) is 33.3. The van der Waals surface area contributed by atoms with Gasteiger partial charge in [0, 0.05) is 20.8 Å². The van der Waals surface area contributed by atoms with Gasteiger partial charge in [-0.25, -0.2) is 0 Å². The van der Waals surface area contributed by atoms with Crippen LogP contribution in [0.5, 0.6) is 0 Å². The first kappa shape index (κ1) is 15.9. The van der Waals surface area contributed by atoms with Crippen molar-refractivity contribution in [1.29, 1.82) is 5.26 Å². The number of ether oxygens (including phenoxy) is 4. The van der Waals surface area contributed by atoms with Crippen LogP contribution in [0.2, 0.25) is 0 Å². The normalized spacial score (nSPS) is 28.9. The Morgan fingerprint density at radius 3 is 1.95 bits per heavy atom. The Hall–Kier alpha value is -2.14. The Morgan fingerprint density at radius 2 is 1.50 bits per heavy atom. The molecule has 0 aliphatic carbocycles. The molecule has 1 aliphatic rings.